The highest BCUT2D eigenvalue weighted by Gasteiger charge is 2.41. The minimum Gasteiger partial charge on any atom is -0.490 e. The number of methoxy groups -OCH3 is 2. The molecule has 226 valence electrons. The number of rotatable bonds is 7. The van der Waals surface area contributed by atoms with Crippen LogP contribution in [0.1, 0.15) is 74.9 Å². The second-order valence-electron chi connectivity index (χ2n) is 11.9. The van der Waals surface area contributed by atoms with E-state index in [1.165, 1.54) is 19.1 Å². The van der Waals surface area contributed by atoms with E-state index in [0.29, 0.717) is 24.3 Å². The molecule has 0 saturated carbocycles. The molecule has 3 aliphatic rings. The van der Waals surface area contributed by atoms with E-state index in [-0.39, 0.29) is 30.9 Å². The van der Waals surface area contributed by atoms with E-state index in [9.17, 15) is 14.4 Å². The lowest BCUT2D eigenvalue weighted by atomic mass is 9.80. The Hall–Kier alpha value is -3.79. The molecular weight excluding hydrogens is 562 g/mol. The highest BCUT2D eigenvalue weighted by Crippen LogP contribution is 2.48. The lowest BCUT2D eigenvalue weighted by Crippen LogP contribution is -2.46. The molecule has 0 spiro atoms. The van der Waals surface area contributed by atoms with Gasteiger partial charge in [0, 0.05) is 28.8 Å². The van der Waals surface area contributed by atoms with Gasteiger partial charge < -0.3 is 29.2 Å². The number of nitrogens with zero attached hydrogens (tertiary/aromatic N) is 2. The fraction of sp³-hybridized carbons (Fsp3) is 0.484. The second-order valence-corrected chi connectivity index (χ2v) is 11.9. The molecule has 10 nitrogen and oxygen atoms in total. The number of aliphatic imine (C=N–C) groups is 1. The van der Waals surface area contributed by atoms with Gasteiger partial charge >= 0.3 is 18.0 Å². The number of hydrogen-bond acceptors (Lipinski definition) is 8. The molecule has 0 aliphatic carbocycles. The van der Waals surface area contributed by atoms with Crippen molar-refractivity contribution >= 4 is 41.8 Å². The smallest absolute Gasteiger partial charge is 0.325 e. The van der Waals surface area contributed by atoms with Gasteiger partial charge in [-0.05, 0) is 64.3 Å². The van der Waals surface area contributed by atoms with Crippen LogP contribution in [0, 0.1) is 0 Å². The van der Waals surface area contributed by atoms with Gasteiger partial charge in [-0.2, -0.15) is 0 Å². The van der Waals surface area contributed by atoms with E-state index in [2.05, 4.69) is 39.1 Å². The van der Waals surface area contributed by atoms with Crippen LogP contribution in [0.4, 0.5) is 10.5 Å². The Kier molecular flexibility index (Phi) is 8.51. The molecule has 42 heavy (non-hydrogen) atoms. The van der Waals surface area contributed by atoms with E-state index >= 15 is 0 Å². The first kappa shape index (κ1) is 31.2. The standard InChI is InChI=1S/C31H37N3O7.ClH/c1-8-40-23-12-18-14-30(2,3)33-27(26(18)20-15-31(4,5)41-28(20)23)17-9-10-19-21(11-17)32-29(37)34(16-25(36)39-7)22(19)13-24(35)38-6;/h9-12,22H,8,13-16H2,1-7H3,(H,32,37);1H. The molecule has 0 aromatic heterocycles. The number of fused-ring (bicyclic) bond motifs is 4. The maximum atomic E-state index is 13.2. The lowest BCUT2D eigenvalue weighted by Gasteiger charge is -2.37. The predicted octanol–water partition coefficient (Wildman–Crippen LogP) is 5.02. The highest BCUT2D eigenvalue weighted by molar-refractivity contribution is 6.17. The van der Waals surface area contributed by atoms with Gasteiger partial charge in [-0.25, -0.2) is 4.79 Å². The molecule has 0 fully saturated rings. The Morgan fingerprint density at radius 2 is 1.81 bits per heavy atom. The zero-order valence-electron chi connectivity index (χ0n) is 25.1. The molecule has 3 heterocycles. The molecule has 11 heteroatoms. The molecule has 2 aromatic rings. The maximum absolute atomic E-state index is 13.2. The SMILES string of the molecule is CCOc1cc2c(c3c1OC(C)(C)C3)C(c1ccc3c(c1)NC(=O)N(CC(=O)OC)C3CC(=O)OC)=NC(C)(C)C2.Cl. The summed E-state index contributed by atoms with van der Waals surface area (Å²) in [7, 11) is 2.55. The van der Waals surface area contributed by atoms with Crippen LogP contribution in [-0.4, -0.2) is 67.1 Å². The molecule has 2 amide bonds. The van der Waals surface area contributed by atoms with Crippen molar-refractivity contribution in [2.45, 2.75) is 71.1 Å². The van der Waals surface area contributed by atoms with Crippen LogP contribution in [0.5, 0.6) is 11.5 Å². The molecule has 0 saturated heterocycles. The number of amides is 2. The van der Waals surface area contributed by atoms with Crippen molar-refractivity contribution in [2.75, 3.05) is 32.7 Å². The summed E-state index contributed by atoms with van der Waals surface area (Å²) in [5, 5.41) is 2.90. The number of carbonyl (C=O) groups is 3. The molecule has 5 rings (SSSR count). The van der Waals surface area contributed by atoms with Gasteiger partial charge in [-0.15, -0.1) is 12.4 Å². The normalized spacial score (nSPS) is 19.1. The van der Waals surface area contributed by atoms with Crippen LogP contribution < -0.4 is 14.8 Å². The van der Waals surface area contributed by atoms with Gasteiger partial charge in [-0.3, -0.25) is 14.6 Å². The first-order chi connectivity index (χ1) is 19.4. The zero-order valence-corrected chi connectivity index (χ0v) is 25.9. The number of nitrogens with one attached hydrogen (secondary N) is 1. The molecule has 3 aliphatic heterocycles. The van der Waals surface area contributed by atoms with Crippen molar-refractivity contribution < 1.29 is 33.3 Å². The molecule has 1 atom stereocenters. The topological polar surface area (TPSA) is 116 Å². The van der Waals surface area contributed by atoms with E-state index in [1.54, 1.807) is 0 Å². The minimum absolute atomic E-state index is 0. The number of hydrogen-bond donors (Lipinski definition) is 1. The number of benzene rings is 2. The molecule has 0 bridgehead atoms. The Labute approximate surface area is 252 Å². The fourth-order valence-electron chi connectivity index (χ4n) is 5.99. The Bertz CT molecular complexity index is 1470. The number of halogens is 1. The first-order valence-electron chi connectivity index (χ1n) is 13.8. The van der Waals surface area contributed by atoms with Gasteiger partial charge in [0.1, 0.15) is 12.1 Å². The molecule has 2 aromatic carbocycles. The van der Waals surface area contributed by atoms with Crippen molar-refractivity contribution in [3.8, 4) is 11.5 Å². The predicted molar refractivity (Wildman–Crippen MR) is 160 cm³/mol. The average molecular weight is 600 g/mol. The number of esters is 2. The summed E-state index contributed by atoms with van der Waals surface area (Å²) < 4.78 is 22.1. The van der Waals surface area contributed by atoms with Crippen molar-refractivity contribution in [2.24, 2.45) is 4.99 Å². The Morgan fingerprint density at radius 1 is 1.10 bits per heavy atom. The van der Waals surface area contributed by atoms with Crippen LogP contribution in [0.15, 0.2) is 29.3 Å². The summed E-state index contributed by atoms with van der Waals surface area (Å²) in [4.78, 5) is 44.1. The second kappa shape index (κ2) is 11.5. The molecule has 0 radical (unpaired) electrons. The lowest BCUT2D eigenvalue weighted by molar-refractivity contribution is -0.145. The number of anilines is 1. The maximum Gasteiger partial charge on any atom is 0.325 e. The summed E-state index contributed by atoms with van der Waals surface area (Å²) in [5.74, 6) is 0.421. The van der Waals surface area contributed by atoms with Crippen molar-refractivity contribution in [3.05, 3.63) is 52.1 Å². The third kappa shape index (κ3) is 5.77. The van der Waals surface area contributed by atoms with Crippen molar-refractivity contribution in [1.82, 2.24) is 4.90 Å². The quantitative estimate of drug-likeness (QED) is 0.444. The third-order valence-corrected chi connectivity index (χ3v) is 7.66. The molecular formula is C31H38ClN3O7. The number of ether oxygens (including phenoxy) is 4. The molecule has 1 N–H and O–H groups in total. The van der Waals surface area contributed by atoms with Crippen molar-refractivity contribution in [1.29, 1.82) is 0 Å². The summed E-state index contributed by atoms with van der Waals surface area (Å²) in [6.45, 7) is 10.5. The fourth-order valence-corrected chi connectivity index (χ4v) is 5.99. The Morgan fingerprint density at radius 3 is 2.48 bits per heavy atom. The largest absolute Gasteiger partial charge is 0.490 e. The summed E-state index contributed by atoms with van der Waals surface area (Å²) in [5.41, 5.74) is 5.36. The van der Waals surface area contributed by atoms with Crippen LogP contribution in [0.3, 0.4) is 0 Å². The van der Waals surface area contributed by atoms with E-state index in [0.717, 1.165) is 45.9 Å². The minimum atomic E-state index is -0.705. The highest BCUT2D eigenvalue weighted by atomic mass is 35.5. The van der Waals surface area contributed by atoms with E-state index < -0.39 is 29.6 Å². The third-order valence-electron chi connectivity index (χ3n) is 7.66. The first-order valence-corrected chi connectivity index (χ1v) is 13.8. The molecule has 1 unspecified atom stereocenters. The van der Waals surface area contributed by atoms with Gasteiger partial charge in [0.25, 0.3) is 0 Å². The zero-order chi connectivity index (χ0) is 29.7. The average Bonchev–Trinajstić information content (AvgIpc) is 3.24. The van der Waals surface area contributed by atoms with Crippen molar-refractivity contribution in [3.63, 3.8) is 0 Å². The monoisotopic (exact) mass is 599 g/mol. The van der Waals surface area contributed by atoms with Crippen LogP contribution in [-0.2, 0) is 31.9 Å². The summed E-state index contributed by atoms with van der Waals surface area (Å²) >= 11 is 0. The van der Waals surface area contributed by atoms with E-state index in [1.807, 2.05) is 25.1 Å². The Balaban J connectivity index is 0.00000405. The van der Waals surface area contributed by atoms with Gasteiger partial charge in [0.05, 0.1) is 44.5 Å². The van der Waals surface area contributed by atoms with Gasteiger partial charge in [0.2, 0.25) is 0 Å². The summed E-state index contributed by atoms with van der Waals surface area (Å²) in [6.07, 6.45) is 1.34. The van der Waals surface area contributed by atoms with Crippen LogP contribution >= 0.6 is 12.4 Å². The van der Waals surface area contributed by atoms with E-state index in [4.69, 9.17) is 23.9 Å². The number of carbonyl (C=O) groups excluding carboxylic acids is 3. The van der Waals surface area contributed by atoms with Gasteiger partial charge in [0.15, 0.2) is 11.5 Å². The van der Waals surface area contributed by atoms with Crippen LogP contribution in [0.2, 0.25) is 0 Å². The number of urea groups is 1. The van der Waals surface area contributed by atoms with Gasteiger partial charge in [-0.1, -0.05) is 12.1 Å². The summed E-state index contributed by atoms with van der Waals surface area (Å²) in [6, 6.07) is 6.58. The van der Waals surface area contributed by atoms with Crippen LogP contribution in [0.25, 0.3) is 0 Å².